The van der Waals surface area contributed by atoms with Gasteiger partial charge in [-0.05, 0) is 42.3 Å². The standard InChI is InChI=1S/C20H23NO3/c1-21-13-16-12-17(23-2)8-9-18(16)19(21)10-11-20(22)24-14-15-6-4-3-5-7-15/h3-9,12,19H,10-11,13-14H2,1-2H3. The molecule has 0 aliphatic carbocycles. The SMILES string of the molecule is COc1ccc2c(c1)CN(C)C2CCC(=O)OCc1ccccc1. The third-order valence-electron chi connectivity index (χ3n) is 4.53. The van der Waals surface area contributed by atoms with Crippen molar-refractivity contribution in [2.24, 2.45) is 0 Å². The van der Waals surface area contributed by atoms with Gasteiger partial charge in [0.25, 0.3) is 0 Å². The minimum atomic E-state index is -0.144. The molecule has 0 N–H and O–H groups in total. The molecule has 0 saturated carbocycles. The van der Waals surface area contributed by atoms with Crippen LogP contribution in [0.2, 0.25) is 0 Å². The molecule has 1 atom stereocenters. The van der Waals surface area contributed by atoms with Crippen molar-refractivity contribution in [2.45, 2.75) is 32.0 Å². The van der Waals surface area contributed by atoms with Gasteiger partial charge >= 0.3 is 5.97 Å². The zero-order valence-electron chi connectivity index (χ0n) is 14.2. The number of rotatable bonds is 6. The number of hydrogen-bond acceptors (Lipinski definition) is 4. The van der Waals surface area contributed by atoms with E-state index in [2.05, 4.69) is 24.1 Å². The van der Waals surface area contributed by atoms with Gasteiger partial charge in [0.2, 0.25) is 0 Å². The molecule has 2 aromatic rings. The van der Waals surface area contributed by atoms with Crippen LogP contribution in [0.25, 0.3) is 0 Å². The number of hydrogen-bond donors (Lipinski definition) is 0. The molecule has 126 valence electrons. The predicted molar refractivity (Wildman–Crippen MR) is 92.7 cm³/mol. The summed E-state index contributed by atoms with van der Waals surface area (Å²) in [7, 11) is 3.77. The first-order chi connectivity index (χ1) is 11.7. The molecular formula is C20H23NO3. The molecule has 0 amide bonds. The lowest BCUT2D eigenvalue weighted by molar-refractivity contribution is -0.145. The molecule has 0 bridgehead atoms. The maximum Gasteiger partial charge on any atom is 0.306 e. The highest BCUT2D eigenvalue weighted by Crippen LogP contribution is 2.37. The summed E-state index contributed by atoms with van der Waals surface area (Å²) < 4.78 is 10.7. The van der Waals surface area contributed by atoms with Crippen LogP contribution in [-0.4, -0.2) is 25.0 Å². The Morgan fingerprint density at radius 1 is 1.21 bits per heavy atom. The zero-order valence-corrected chi connectivity index (χ0v) is 14.2. The molecule has 0 spiro atoms. The summed E-state index contributed by atoms with van der Waals surface area (Å²) in [5.74, 6) is 0.735. The average molecular weight is 325 g/mol. The fourth-order valence-corrected chi connectivity index (χ4v) is 3.23. The van der Waals surface area contributed by atoms with Crippen molar-refractivity contribution in [3.8, 4) is 5.75 Å². The number of esters is 1. The Bertz CT molecular complexity index is 699. The third kappa shape index (κ3) is 3.77. The topological polar surface area (TPSA) is 38.8 Å². The van der Waals surface area contributed by atoms with E-state index in [1.54, 1.807) is 7.11 Å². The molecule has 0 radical (unpaired) electrons. The van der Waals surface area contributed by atoms with Crippen LogP contribution >= 0.6 is 0 Å². The molecular weight excluding hydrogens is 302 g/mol. The maximum absolute atomic E-state index is 12.0. The lowest BCUT2D eigenvalue weighted by atomic mass is 10.0. The van der Waals surface area contributed by atoms with Gasteiger partial charge in [0.15, 0.2) is 0 Å². The quantitative estimate of drug-likeness (QED) is 0.759. The molecule has 1 aliphatic rings. The maximum atomic E-state index is 12.0. The van der Waals surface area contributed by atoms with Gasteiger partial charge in [0.05, 0.1) is 7.11 Å². The van der Waals surface area contributed by atoms with Crippen molar-refractivity contribution in [3.63, 3.8) is 0 Å². The molecule has 0 aromatic heterocycles. The minimum absolute atomic E-state index is 0.144. The molecule has 1 aliphatic heterocycles. The first kappa shape index (κ1) is 16.5. The van der Waals surface area contributed by atoms with E-state index in [0.29, 0.717) is 13.0 Å². The van der Waals surface area contributed by atoms with Crippen LogP contribution in [0.1, 0.15) is 35.6 Å². The van der Waals surface area contributed by atoms with Crippen LogP contribution in [-0.2, 0) is 22.7 Å². The molecule has 1 heterocycles. The number of fused-ring (bicyclic) bond motifs is 1. The Morgan fingerprint density at radius 2 is 2.00 bits per heavy atom. The summed E-state index contributed by atoms with van der Waals surface area (Å²) in [6.45, 7) is 1.23. The molecule has 3 rings (SSSR count). The predicted octanol–water partition coefficient (Wildman–Crippen LogP) is 3.71. The molecule has 2 aromatic carbocycles. The van der Waals surface area contributed by atoms with Crippen molar-refractivity contribution < 1.29 is 14.3 Å². The summed E-state index contributed by atoms with van der Waals surface area (Å²) in [6, 6.07) is 16.2. The van der Waals surface area contributed by atoms with Crippen molar-refractivity contribution in [2.75, 3.05) is 14.2 Å². The van der Waals surface area contributed by atoms with Crippen LogP contribution in [0.15, 0.2) is 48.5 Å². The average Bonchev–Trinajstić information content (AvgIpc) is 2.93. The van der Waals surface area contributed by atoms with Crippen molar-refractivity contribution >= 4 is 5.97 Å². The molecule has 4 heteroatoms. The second kappa shape index (κ2) is 7.49. The van der Waals surface area contributed by atoms with E-state index in [0.717, 1.165) is 24.3 Å². The van der Waals surface area contributed by atoms with Crippen LogP contribution in [0.3, 0.4) is 0 Å². The number of ether oxygens (including phenoxy) is 2. The van der Waals surface area contributed by atoms with E-state index in [-0.39, 0.29) is 12.0 Å². The fraction of sp³-hybridized carbons (Fsp3) is 0.350. The van der Waals surface area contributed by atoms with Gasteiger partial charge in [0.1, 0.15) is 12.4 Å². The van der Waals surface area contributed by atoms with Gasteiger partial charge in [-0.2, -0.15) is 0 Å². The van der Waals surface area contributed by atoms with Crippen molar-refractivity contribution in [3.05, 3.63) is 65.2 Å². The van der Waals surface area contributed by atoms with Crippen LogP contribution in [0, 0.1) is 0 Å². The van der Waals surface area contributed by atoms with E-state index < -0.39 is 0 Å². The lowest BCUT2D eigenvalue weighted by Crippen LogP contribution is -2.18. The summed E-state index contributed by atoms with van der Waals surface area (Å²) in [4.78, 5) is 14.3. The van der Waals surface area contributed by atoms with Gasteiger partial charge in [-0.1, -0.05) is 36.4 Å². The number of methoxy groups -OCH3 is 1. The lowest BCUT2D eigenvalue weighted by Gasteiger charge is -2.20. The Morgan fingerprint density at radius 3 is 2.75 bits per heavy atom. The first-order valence-corrected chi connectivity index (χ1v) is 8.24. The van der Waals surface area contributed by atoms with Gasteiger partial charge in [-0.25, -0.2) is 0 Å². The van der Waals surface area contributed by atoms with Crippen LogP contribution in [0.4, 0.5) is 0 Å². The second-order valence-corrected chi connectivity index (χ2v) is 6.18. The first-order valence-electron chi connectivity index (χ1n) is 8.24. The Kier molecular flexibility index (Phi) is 5.16. The second-order valence-electron chi connectivity index (χ2n) is 6.18. The third-order valence-corrected chi connectivity index (χ3v) is 4.53. The molecule has 0 saturated heterocycles. The zero-order chi connectivity index (χ0) is 16.9. The van der Waals surface area contributed by atoms with Gasteiger partial charge in [-0.15, -0.1) is 0 Å². The highest BCUT2D eigenvalue weighted by molar-refractivity contribution is 5.69. The Balaban J connectivity index is 1.54. The largest absolute Gasteiger partial charge is 0.497 e. The van der Waals surface area contributed by atoms with E-state index in [1.165, 1.54) is 11.1 Å². The molecule has 0 fully saturated rings. The summed E-state index contributed by atoms with van der Waals surface area (Å²) in [5.41, 5.74) is 3.58. The van der Waals surface area contributed by atoms with Gasteiger partial charge < -0.3 is 9.47 Å². The van der Waals surface area contributed by atoms with Gasteiger partial charge in [0, 0.05) is 19.0 Å². The minimum Gasteiger partial charge on any atom is -0.497 e. The number of carbonyl (C=O) groups is 1. The summed E-state index contributed by atoms with van der Waals surface area (Å²) in [6.07, 6.45) is 1.19. The highest BCUT2D eigenvalue weighted by atomic mass is 16.5. The summed E-state index contributed by atoms with van der Waals surface area (Å²) >= 11 is 0. The van der Waals surface area contributed by atoms with E-state index in [9.17, 15) is 4.79 Å². The van der Waals surface area contributed by atoms with E-state index in [1.807, 2.05) is 36.4 Å². The molecule has 24 heavy (non-hydrogen) atoms. The number of benzene rings is 2. The highest BCUT2D eigenvalue weighted by Gasteiger charge is 2.28. The van der Waals surface area contributed by atoms with Crippen molar-refractivity contribution in [1.82, 2.24) is 4.90 Å². The van der Waals surface area contributed by atoms with E-state index in [4.69, 9.17) is 9.47 Å². The fourth-order valence-electron chi connectivity index (χ4n) is 3.23. The number of carbonyl (C=O) groups excluding carboxylic acids is 1. The van der Waals surface area contributed by atoms with Crippen LogP contribution in [0.5, 0.6) is 5.75 Å². The smallest absolute Gasteiger partial charge is 0.306 e. The van der Waals surface area contributed by atoms with Crippen molar-refractivity contribution in [1.29, 1.82) is 0 Å². The molecule has 1 unspecified atom stereocenters. The molecule has 4 nitrogen and oxygen atoms in total. The summed E-state index contributed by atoms with van der Waals surface area (Å²) in [5, 5.41) is 0. The Hall–Kier alpha value is -2.33. The normalized spacial score (nSPS) is 16.7. The van der Waals surface area contributed by atoms with Gasteiger partial charge in [-0.3, -0.25) is 9.69 Å². The number of nitrogens with zero attached hydrogens (tertiary/aromatic N) is 1. The Labute approximate surface area is 143 Å². The van der Waals surface area contributed by atoms with E-state index >= 15 is 0 Å². The van der Waals surface area contributed by atoms with Crippen LogP contribution < -0.4 is 4.74 Å². The monoisotopic (exact) mass is 325 g/mol.